The van der Waals surface area contributed by atoms with Crippen LogP contribution in [0.15, 0.2) is 12.1 Å². The van der Waals surface area contributed by atoms with E-state index in [9.17, 15) is 0 Å². The minimum atomic E-state index is 0.703. The van der Waals surface area contributed by atoms with Gasteiger partial charge in [-0.05, 0) is 18.6 Å². The third-order valence-corrected chi connectivity index (χ3v) is 2.67. The second kappa shape index (κ2) is 5.82. The first kappa shape index (κ1) is 12.8. The van der Waals surface area contributed by atoms with Crippen LogP contribution in [-0.2, 0) is 11.2 Å². The van der Waals surface area contributed by atoms with Crippen molar-refractivity contribution in [3.8, 4) is 0 Å². The zero-order valence-corrected chi connectivity index (χ0v) is 11.2. The number of pyridine rings is 1. The Labute approximate surface area is 107 Å². The molecule has 0 amide bonds. The summed E-state index contributed by atoms with van der Waals surface area (Å²) < 4.78 is 5.46. The van der Waals surface area contributed by atoms with Crippen LogP contribution >= 0.6 is 0 Å². The predicted molar refractivity (Wildman–Crippen MR) is 73.0 cm³/mol. The monoisotopic (exact) mass is 248 g/mol. The number of ether oxygens (including phenoxy) is 1. The highest BCUT2D eigenvalue weighted by Crippen LogP contribution is 2.14. The molecule has 0 fully saturated rings. The minimum absolute atomic E-state index is 0.703. The summed E-state index contributed by atoms with van der Waals surface area (Å²) in [5.41, 5.74) is 1.75. The summed E-state index contributed by atoms with van der Waals surface area (Å²) in [5, 5.41) is 0. The van der Waals surface area contributed by atoms with Crippen molar-refractivity contribution >= 4 is 17.0 Å². The molecule has 2 aromatic rings. The standard InChI is InChI=1S/C13H20N4O/c1-4-8-18-9-7-11-14-10-5-6-12(17(2)3)16-13(10)15-11/h5-6H,4,7-9H2,1-3H3,(H,14,15,16). The Balaban J connectivity index is 2.07. The van der Waals surface area contributed by atoms with Crippen LogP contribution in [0, 0.1) is 0 Å². The summed E-state index contributed by atoms with van der Waals surface area (Å²) in [5.74, 6) is 1.85. The van der Waals surface area contributed by atoms with Gasteiger partial charge in [0.2, 0.25) is 0 Å². The molecule has 0 atom stereocenters. The number of nitrogens with zero attached hydrogens (tertiary/aromatic N) is 3. The zero-order valence-electron chi connectivity index (χ0n) is 11.2. The number of aromatic nitrogens is 3. The highest BCUT2D eigenvalue weighted by molar-refractivity contribution is 5.73. The van der Waals surface area contributed by atoms with Crippen LogP contribution in [0.3, 0.4) is 0 Å². The second-order valence-corrected chi connectivity index (χ2v) is 4.48. The number of imidazole rings is 1. The second-order valence-electron chi connectivity index (χ2n) is 4.48. The molecule has 18 heavy (non-hydrogen) atoms. The molecule has 0 radical (unpaired) electrons. The maximum absolute atomic E-state index is 5.46. The average molecular weight is 248 g/mol. The third-order valence-electron chi connectivity index (χ3n) is 2.67. The lowest BCUT2D eigenvalue weighted by molar-refractivity contribution is 0.137. The summed E-state index contributed by atoms with van der Waals surface area (Å²) in [6.07, 6.45) is 1.85. The largest absolute Gasteiger partial charge is 0.381 e. The van der Waals surface area contributed by atoms with Crippen molar-refractivity contribution in [2.45, 2.75) is 19.8 Å². The molecule has 5 heteroatoms. The Kier molecular flexibility index (Phi) is 4.15. The van der Waals surface area contributed by atoms with Gasteiger partial charge >= 0.3 is 0 Å². The maximum Gasteiger partial charge on any atom is 0.179 e. The van der Waals surface area contributed by atoms with Gasteiger partial charge in [0, 0.05) is 27.1 Å². The molecule has 0 bridgehead atoms. The van der Waals surface area contributed by atoms with Crippen molar-refractivity contribution in [2.24, 2.45) is 0 Å². The molecule has 0 saturated carbocycles. The van der Waals surface area contributed by atoms with E-state index in [0.717, 1.165) is 42.3 Å². The first-order valence-corrected chi connectivity index (χ1v) is 6.31. The van der Waals surface area contributed by atoms with E-state index in [4.69, 9.17) is 4.74 Å². The molecule has 0 aromatic carbocycles. The Bertz CT molecular complexity index is 507. The number of aromatic amines is 1. The van der Waals surface area contributed by atoms with Crippen LogP contribution in [0.1, 0.15) is 19.2 Å². The van der Waals surface area contributed by atoms with Gasteiger partial charge in [0.15, 0.2) is 5.65 Å². The molecule has 0 aliphatic carbocycles. The Morgan fingerprint density at radius 3 is 2.78 bits per heavy atom. The van der Waals surface area contributed by atoms with E-state index in [1.807, 2.05) is 31.1 Å². The normalized spacial score (nSPS) is 11.1. The topological polar surface area (TPSA) is 54.0 Å². The maximum atomic E-state index is 5.46. The van der Waals surface area contributed by atoms with Crippen LogP contribution < -0.4 is 4.90 Å². The fraction of sp³-hybridized carbons (Fsp3) is 0.538. The van der Waals surface area contributed by atoms with Gasteiger partial charge in [-0.1, -0.05) is 6.92 Å². The minimum Gasteiger partial charge on any atom is -0.381 e. The molecule has 0 saturated heterocycles. The molecule has 0 aliphatic rings. The van der Waals surface area contributed by atoms with Crippen molar-refractivity contribution in [3.63, 3.8) is 0 Å². The van der Waals surface area contributed by atoms with Crippen LogP contribution in [0.5, 0.6) is 0 Å². The van der Waals surface area contributed by atoms with Crippen molar-refractivity contribution in [1.82, 2.24) is 15.0 Å². The van der Waals surface area contributed by atoms with Gasteiger partial charge in [0.1, 0.15) is 11.6 Å². The molecule has 0 spiro atoms. The quantitative estimate of drug-likeness (QED) is 0.794. The molecule has 2 aromatic heterocycles. The van der Waals surface area contributed by atoms with E-state index in [1.165, 1.54) is 0 Å². The van der Waals surface area contributed by atoms with Gasteiger partial charge in [-0.25, -0.2) is 9.97 Å². The molecule has 0 unspecified atom stereocenters. The third kappa shape index (κ3) is 2.98. The lowest BCUT2D eigenvalue weighted by Crippen LogP contribution is -2.10. The summed E-state index contributed by atoms with van der Waals surface area (Å²) in [6, 6.07) is 4.00. The van der Waals surface area contributed by atoms with Gasteiger partial charge in [-0.2, -0.15) is 0 Å². The predicted octanol–water partition coefficient (Wildman–Crippen LogP) is 1.99. The first-order valence-electron chi connectivity index (χ1n) is 6.31. The Morgan fingerprint density at radius 2 is 2.06 bits per heavy atom. The number of rotatable bonds is 6. The van der Waals surface area contributed by atoms with E-state index in [1.54, 1.807) is 0 Å². The lowest BCUT2D eigenvalue weighted by atomic mass is 10.4. The molecule has 2 heterocycles. The van der Waals surface area contributed by atoms with Crippen molar-refractivity contribution in [3.05, 3.63) is 18.0 Å². The number of fused-ring (bicyclic) bond motifs is 1. The highest BCUT2D eigenvalue weighted by atomic mass is 16.5. The summed E-state index contributed by atoms with van der Waals surface area (Å²) in [4.78, 5) is 14.2. The van der Waals surface area contributed by atoms with Crippen LogP contribution in [0.2, 0.25) is 0 Å². The fourth-order valence-electron chi connectivity index (χ4n) is 1.72. The smallest absolute Gasteiger partial charge is 0.179 e. The first-order chi connectivity index (χ1) is 8.70. The van der Waals surface area contributed by atoms with Crippen LogP contribution in [0.4, 0.5) is 5.82 Å². The SMILES string of the molecule is CCCOCCc1nc2nc(N(C)C)ccc2[nH]1. The number of hydrogen-bond acceptors (Lipinski definition) is 4. The Hall–Kier alpha value is -1.62. The van der Waals surface area contributed by atoms with Crippen LogP contribution in [0.25, 0.3) is 11.2 Å². The van der Waals surface area contributed by atoms with Gasteiger partial charge in [0.05, 0.1) is 12.1 Å². The van der Waals surface area contributed by atoms with E-state index < -0.39 is 0 Å². The van der Waals surface area contributed by atoms with Gasteiger partial charge in [0.25, 0.3) is 0 Å². The van der Waals surface area contributed by atoms with Crippen LogP contribution in [-0.4, -0.2) is 42.3 Å². The fourth-order valence-corrected chi connectivity index (χ4v) is 1.72. The number of nitrogens with one attached hydrogen (secondary N) is 1. The van der Waals surface area contributed by atoms with Gasteiger partial charge < -0.3 is 14.6 Å². The number of hydrogen-bond donors (Lipinski definition) is 1. The van der Waals surface area contributed by atoms with E-state index in [-0.39, 0.29) is 0 Å². The summed E-state index contributed by atoms with van der Waals surface area (Å²) >= 11 is 0. The number of anilines is 1. The lowest BCUT2D eigenvalue weighted by Gasteiger charge is -2.09. The number of H-pyrrole nitrogens is 1. The summed E-state index contributed by atoms with van der Waals surface area (Å²) in [7, 11) is 3.95. The molecule has 1 N–H and O–H groups in total. The van der Waals surface area contributed by atoms with Gasteiger partial charge in [-0.3, -0.25) is 0 Å². The Morgan fingerprint density at radius 1 is 1.22 bits per heavy atom. The molecule has 0 aliphatic heterocycles. The van der Waals surface area contributed by atoms with E-state index >= 15 is 0 Å². The van der Waals surface area contributed by atoms with E-state index in [0.29, 0.717) is 6.61 Å². The molecule has 2 rings (SSSR count). The molecule has 98 valence electrons. The highest BCUT2D eigenvalue weighted by Gasteiger charge is 2.06. The van der Waals surface area contributed by atoms with Gasteiger partial charge in [-0.15, -0.1) is 0 Å². The molecule has 5 nitrogen and oxygen atoms in total. The zero-order chi connectivity index (χ0) is 13.0. The molecular formula is C13H20N4O. The van der Waals surface area contributed by atoms with Crippen molar-refractivity contribution < 1.29 is 4.74 Å². The summed E-state index contributed by atoms with van der Waals surface area (Å²) in [6.45, 7) is 3.62. The van der Waals surface area contributed by atoms with E-state index in [2.05, 4.69) is 21.9 Å². The molecular weight excluding hydrogens is 228 g/mol. The van der Waals surface area contributed by atoms with Crippen molar-refractivity contribution in [2.75, 3.05) is 32.2 Å². The average Bonchev–Trinajstić information content (AvgIpc) is 2.76. The van der Waals surface area contributed by atoms with Crippen molar-refractivity contribution in [1.29, 1.82) is 0 Å².